The zero-order chi connectivity index (χ0) is 22.4. The Morgan fingerprint density at radius 2 is 1.88 bits per heavy atom. The summed E-state index contributed by atoms with van der Waals surface area (Å²) in [7, 11) is 0. The molecule has 0 unspecified atom stereocenters. The number of likely N-dealkylation sites (tertiary alicyclic amines) is 1. The van der Waals surface area contributed by atoms with E-state index in [1.54, 1.807) is 0 Å². The second-order valence-corrected chi connectivity index (χ2v) is 9.22. The highest BCUT2D eigenvalue weighted by molar-refractivity contribution is 6.32. The number of nitrogens with one attached hydrogen (secondary N) is 1. The SMILES string of the molecule is Cc1ccc(C(=O)N2CC[C@H](C)[C@H]2c2nc3c(C)c(Cl)ccc3[nH]2)c(-c2ccccc2)c1. The molecule has 1 fully saturated rings. The smallest absolute Gasteiger partial charge is 0.255 e. The summed E-state index contributed by atoms with van der Waals surface area (Å²) in [6, 6.07) is 20.0. The van der Waals surface area contributed by atoms with Gasteiger partial charge in [0.1, 0.15) is 5.82 Å². The van der Waals surface area contributed by atoms with Crippen LogP contribution in [-0.4, -0.2) is 27.3 Å². The van der Waals surface area contributed by atoms with Crippen LogP contribution in [0.3, 0.4) is 0 Å². The van der Waals surface area contributed by atoms with Crippen LogP contribution >= 0.6 is 11.6 Å². The summed E-state index contributed by atoms with van der Waals surface area (Å²) in [6.45, 7) is 6.94. The van der Waals surface area contributed by atoms with Crippen molar-refractivity contribution in [2.75, 3.05) is 6.54 Å². The van der Waals surface area contributed by atoms with Crippen molar-refractivity contribution in [3.05, 3.63) is 88.2 Å². The first kappa shape index (κ1) is 20.8. The monoisotopic (exact) mass is 443 g/mol. The second-order valence-electron chi connectivity index (χ2n) is 8.82. The van der Waals surface area contributed by atoms with E-state index in [-0.39, 0.29) is 11.9 Å². The van der Waals surface area contributed by atoms with E-state index in [1.165, 1.54) is 0 Å². The van der Waals surface area contributed by atoms with Gasteiger partial charge in [-0.15, -0.1) is 0 Å². The van der Waals surface area contributed by atoms with Crippen molar-refractivity contribution in [3.63, 3.8) is 0 Å². The molecule has 32 heavy (non-hydrogen) atoms. The van der Waals surface area contributed by atoms with Crippen molar-refractivity contribution >= 4 is 28.5 Å². The molecule has 0 bridgehead atoms. The largest absolute Gasteiger partial charge is 0.340 e. The van der Waals surface area contributed by atoms with Crippen LogP contribution in [0, 0.1) is 19.8 Å². The molecule has 2 heterocycles. The Bertz CT molecular complexity index is 1310. The molecular weight excluding hydrogens is 418 g/mol. The van der Waals surface area contributed by atoms with Crippen LogP contribution in [0.25, 0.3) is 22.2 Å². The third kappa shape index (κ3) is 3.49. The van der Waals surface area contributed by atoms with E-state index in [0.29, 0.717) is 17.5 Å². The number of hydrogen-bond donors (Lipinski definition) is 1. The zero-order valence-corrected chi connectivity index (χ0v) is 19.3. The molecule has 0 saturated carbocycles. The van der Waals surface area contributed by atoms with Gasteiger partial charge in [-0.25, -0.2) is 4.98 Å². The highest BCUT2D eigenvalue weighted by Crippen LogP contribution is 2.39. The number of carbonyl (C=O) groups is 1. The summed E-state index contributed by atoms with van der Waals surface area (Å²) in [5, 5.41) is 0.704. The van der Waals surface area contributed by atoms with Gasteiger partial charge >= 0.3 is 0 Å². The van der Waals surface area contributed by atoms with Crippen LogP contribution in [-0.2, 0) is 0 Å². The molecule has 5 rings (SSSR count). The lowest BCUT2D eigenvalue weighted by molar-refractivity contribution is 0.0715. The fourth-order valence-corrected chi connectivity index (χ4v) is 4.95. The Labute approximate surface area is 193 Å². The van der Waals surface area contributed by atoms with Gasteiger partial charge in [0.05, 0.1) is 17.1 Å². The van der Waals surface area contributed by atoms with Crippen molar-refractivity contribution in [2.45, 2.75) is 33.2 Å². The van der Waals surface area contributed by atoms with Crippen LogP contribution < -0.4 is 0 Å². The summed E-state index contributed by atoms with van der Waals surface area (Å²) in [5.41, 5.74) is 6.68. The van der Waals surface area contributed by atoms with Gasteiger partial charge in [-0.1, -0.05) is 66.6 Å². The molecule has 0 aliphatic carbocycles. The van der Waals surface area contributed by atoms with E-state index in [2.05, 4.69) is 37.0 Å². The average molecular weight is 444 g/mol. The maximum atomic E-state index is 13.9. The van der Waals surface area contributed by atoms with Crippen molar-refractivity contribution in [3.8, 4) is 11.1 Å². The molecule has 5 heteroatoms. The van der Waals surface area contributed by atoms with E-state index in [0.717, 1.165) is 51.1 Å². The van der Waals surface area contributed by atoms with E-state index in [4.69, 9.17) is 16.6 Å². The van der Waals surface area contributed by atoms with E-state index < -0.39 is 0 Å². The van der Waals surface area contributed by atoms with E-state index >= 15 is 0 Å². The Kier molecular flexibility index (Phi) is 5.26. The fourth-order valence-electron chi connectivity index (χ4n) is 4.79. The van der Waals surface area contributed by atoms with Gasteiger partial charge in [-0.3, -0.25) is 4.79 Å². The lowest BCUT2D eigenvalue weighted by atomic mass is 9.96. The minimum absolute atomic E-state index is 0.0495. The highest BCUT2D eigenvalue weighted by atomic mass is 35.5. The van der Waals surface area contributed by atoms with Crippen LogP contribution in [0.15, 0.2) is 60.7 Å². The number of imidazole rings is 1. The summed E-state index contributed by atoms with van der Waals surface area (Å²) in [5.74, 6) is 1.19. The van der Waals surface area contributed by atoms with Crippen LogP contribution in [0.2, 0.25) is 5.02 Å². The molecule has 1 saturated heterocycles. The number of benzene rings is 3. The number of nitrogens with zero attached hydrogens (tertiary/aromatic N) is 2. The lowest BCUT2D eigenvalue weighted by Crippen LogP contribution is -2.32. The Hall–Kier alpha value is -3.11. The number of halogens is 1. The van der Waals surface area contributed by atoms with Crippen LogP contribution in [0.5, 0.6) is 0 Å². The molecule has 162 valence electrons. The van der Waals surface area contributed by atoms with Gasteiger partial charge < -0.3 is 9.88 Å². The van der Waals surface area contributed by atoms with Gasteiger partial charge in [0.25, 0.3) is 5.91 Å². The number of H-pyrrole nitrogens is 1. The average Bonchev–Trinajstić information content (AvgIpc) is 3.40. The van der Waals surface area contributed by atoms with E-state index in [1.807, 2.05) is 54.3 Å². The Balaban J connectivity index is 1.57. The predicted molar refractivity (Wildman–Crippen MR) is 130 cm³/mol. The first-order valence-electron chi connectivity index (χ1n) is 11.1. The second kappa shape index (κ2) is 8.10. The van der Waals surface area contributed by atoms with Crippen molar-refractivity contribution in [1.29, 1.82) is 0 Å². The van der Waals surface area contributed by atoms with Gasteiger partial charge in [-0.2, -0.15) is 0 Å². The number of fused-ring (bicyclic) bond motifs is 1. The molecule has 1 N–H and O–H groups in total. The molecule has 3 aromatic carbocycles. The fraction of sp³-hybridized carbons (Fsp3) is 0.259. The molecule has 4 aromatic rings. The van der Waals surface area contributed by atoms with Gasteiger partial charge in [-0.05, 0) is 61.1 Å². The first-order valence-corrected chi connectivity index (χ1v) is 11.4. The highest BCUT2D eigenvalue weighted by Gasteiger charge is 2.38. The number of aromatic nitrogens is 2. The van der Waals surface area contributed by atoms with Crippen molar-refractivity contribution < 1.29 is 4.79 Å². The normalized spacial score (nSPS) is 18.4. The number of hydrogen-bond acceptors (Lipinski definition) is 2. The lowest BCUT2D eigenvalue weighted by Gasteiger charge is -2.26. The molecule has 1 aliphatic heterocycles. The summed E-state index contributed by atoms with van der Waals surface area (Å²) >= 11 is 6.31. The van der Waals surface area contributed by atoms with Gasteiger partial charge in [0.2, 0.25) is 0 Å². The molecule has 2 atom stereocenters. The zero-order valence-electron chi connectivity index (χ0n) is 18.5. The number of aromatic amines is 1. The standard InChI is InChI=1S/C27H26ClN3O/c1-16-9-10-20(21(15-16)19-7-5-4-6-8-19)27(32)31-14-13-17(2)25(31)26-29-23-12-11-22(28)18(3)24(23)30-26/h4-12,15,17,25H,13-14H2,1-3H3,(H,29,30)/t17-,25-/m0/s1. The molecule has 0 spiro atoms. The number of rotatable bonds is 3. The number of aryl methyl sites for hydroxylation is 2. The summed E-state index contributed by atoms with van der Waals surface area (Å²) in [4.78, 5) is 24.2. The summed E-state index contributed by atoms with van der Waals surface area (Å²) < 4.78 is 0. The van der Waals surface area contributed by atoms with Crippen molar-refractivity contribution in [1.82, 2.24) is 14.9 Å². The third-order valence-corrected chi connectivity index (χ3v) is 7.00. The minimum Gasteiger partial charge on any atom is -0.340 e. The molecule has 1 aromatic heterocycles. The minimum atomic E-state index is -0.0991. The van der Waals surface area contributed by atoms with Crippen LogP contribution in [0.4, 0.5) is 0 Å². The van der Waals surface area contributed by atoms with Crippen molar-refractivity contribution in [2.24, 2.45) is 5.92 Å². The van der Waals surface area contributed by atoms with Gasteiger partial charge in [0.15, 0.2) is 0 Å². The Morgan fingerprint density at radius 1 is 1.09 bits per heavy atom. The van der Waals surface area contributed by atoms with Gasteiger partial charge in [0, 0.05) is 17.1 Å². The molecule has 1 aliphatic rings. The maximum absolute atomic E-state index is 13.9. The number of carbonyl (C=O) groups excluding carboxylic acids is 1. The maximum Gasteiger partial charge on any atom is 0.255 e. The number of amides is 1. The first-order chi connectivity index (χ1) is 15.4. The molecule has 1 amide bonds. The molecule has 4 nitrogen and oxygen atoms in total. The Morgan fingerprint density at radius 3 is 2.66 bits per heavy atom. The topological polar surface area (TPSA) is 49.0 Å². The molecule has 0 radical (unpaired) electrons. The summed E-state index contributed by atoms with van der Waals surface area (Å²) in [6.07, 6.45) is 0.944. The van der Waals surface area contributed by atoms with Crippen LogP contribution in [0.1, 0.15) is 46.7 Å². The quantitative estimate of drug-likeness (QED) is 0.382. The predicted octanol–water partition coefficient (Wildman–Crippen LogP) is 6.72. The third-order valence-electron chi connectivity index (χ3n) is 6.59. The van der Waals surface area contributed by atoms with E-state index in [9.17, 15) is 4.79 Å². The molecular formula is C27H26ClN3O.